The van der Waals surface area contributed by atoms with Gasteiger partial charge in [0.2, 0.25) is 5.89 Å². The summed E-state index contributed by atoms with van der Waals surface area (Å²) in [6.45, 7) is 3.95. The standard InChI is InChI=1S/C25H17Cl2N3O2S2/c1-12-3-8-17-19(9-12)32-24(28-17)14-5-4-13(2)18(10-14)29-25(33)30-23(31)22-21(27)16-7-6-15(26)11-20(16)34-22/h3-11H,1-2H3,(H2,29,30,31,33). The lowest BCUT2D eigenvalue weighted by Gasteiger charge is -2.12. The van der Waals surface area contributed by atoms with Crippen molar-refractivity contribution in [3.63, 3.8) is 0 Å². The van der Waals surface area contributed by atoms with Crippen LogP contribution in [0.2, 0.25) is 10.0 Å². The van der Waals surface area contributed by atoms with Gasteiger partial charge in [-0.25, -0.2) is 4.98 Å². The third-order valence-electron chi connectivity index (χ3n) is 5.30. The highest BCUT2D eigenvalue weighted by Crippen LogP contribution is 2.36. The summed E-state index contributed by atoms with van der Waals surface area (Å²) >= 11 is 19.2. The summed E-state index contributed by atoms with van der Waals surface area (Å²) in [6, 6.07) is 17.0. The first-order chi connectivity index (χ1) is 16.3. The molecular weight excluding hydrogens is 509 g/mol. The second kappa shape index (κ2) is 9.00. The molecular formula is C25H17Cl2N3O2S2. The predicted molar refractivity (Wildman–Crippen MR) is 144 cm³/mol. The molecule has 5 nitrogen and oxygen atoms in total. The number of anilines is 1. The van der Waals surface area contributed by atoms with Crippen LogP contribution in [0.4, 0.5) is 5.69 Å². The molecule has 0 aliphatic heterocycles. The molecule has 0 radical (unpaired) electrons. The molecule has 1 amide bonds. The highest BCUT2D eigenvalue weighted by molar-refractivity contribution is 7.80. The van der Waals surface area contributed by atoms with Crippen molar-refractivity contribution in [2.75, 3.05) is 5.32 Å². The Hall–Kier alpha value is -2.97. The van der Waals surface area contributed by atoms with E-state index in [1.807, 2.05) is 50.2 Å². The van der Waals surface area contributed by atoms with E-state index < -0.39 is 0 Å². The van der Waals surface area contributed by atoms with Gasteiger partial charge in [-0.15, -0.1) is 11.3 Å². The van der Waals surface area contributed by atoms with Crippen molar-refractivity contribution in [1.29, 1.82) is 0 Å². The maximum atomic E-state index is 12.9. The van der Waals surface area contributed by atoms with Gasteiger partial charge in [0.15, 0.2) is 10.7 Å². The van der Waals surface area contributed by atoms with Gasteiger partial charge in [-0.3, -0.25) is 10.1 Å². The van der Waals surface area contributed by atoms with Gasteiger partial charge in [0.1, 0.15) is 10.4 Å². The first kappa shape index (κ1) is 22.8. The largest absolute Gasteiger partial charge is 0.436 e. The number of fused-ring (bicyclic) bond motifs is 2. The Morgan fingerprint density at radius 1 is 1.06 bits per heavy atom. The number of hydrogen-bond acceptors (Lipinski definition) is 5. The zero-order valence-corrected chi connectivity index (χ0v) is 21.2. The van der Waals surface area contributed by atoms with Gasteiger partial charge in [-0.2, -0.15) is 0 Å². The van der Waals surface area contributed by atoms with Gasteiger partial charge in [-0.05, 0) is 73.6 Å². The molecule has 2 aromatic heterocycles. The summed E-state index contributed by atoms with van der Waals surface area (Å²) in [5.41, 5.74) is 5.09. The van der Waals surface area contributed by atoms with E-state index in [0.29, 0.717) is 20.8 Å². The van der Waals surface area contributed by atoms with E-state index >= 15 is 0 Å². The van der Waals surface area contributed by atoms with Crippen molar-refractivity contribution in [3.8, 4) is 11.5 Å². The van der Waals surface area contributed by atoms with E-state index in [1.54, 1.807) is 18.2 Å². The number of hydrogen-bond donors (Lipinski definition) is 2. The number of oxazole rings is 1. The van der Waals surface area contributed by atoms with Crippen LogP contribution < -0.4 is 10.6 Å². The van der Waals surface area contributed by atoms with Crippen LogP contribution in [-0.2, 0) is 0 Å². The molecule has 2 N–H and O–H groups in total. The topological polar surface area (TPSA) is 67.2 Å². The Kier molecular flexibility index (Phi) is 6.04. The Balaban J connectivity index is 1.36. The number of aromatic nitrogens is 1. The second-order valence-corrected chi connectivity index (χ2v) is 10.1. The first-order valence-electron chi connectivity index (χ1n) is 10.3. The summed E-state index contributed by atoms with van der Waals surface area (Å²) < 4.78 is 6.78. The molecule has 0 spiro atoms. The van der Waals surface area contributed by atoms with Crippen molar-refractivity contribution in [2.45, 2.75) is 13.8 Å². The van der Waals surface area contributed by atoms with Crippen LogP contribution in [-0.4, -0.2) is 16.0 Å². The number of thiocarbonyl (C=S) groups is 1. The number of rotatable bonds is 3. The van der Waals surface area contributed by atoms with E-state index in [-0.39, 0.29) is 11.0 Å². The van der Waals surface area contributed by atoms with E-state index in [1.165, 1.54) is 11.3 Å². The van der Waals surface area contributed by atoms with Gasteiger partial charge in [-0.1, -0.05) is 41.4 Å². The molecule has 0 fully saturated rings. The number of aryl methyl sites for hydroxylation is 2. The predicted octanol–water partition coefficient (Wildman–Crippen LogP) is 7.76. The van der Waals surface area contributed by atoms with Gasteiger partial charge >= 0.3 is 0 Å². The number of thiophene rings is 1. The number of halogens is 2. The lowest BCUT2D eigenvalue weighted by Crippen LogP contribution is -2.34. The summed E-state index contributed by atoms with van der Waals surface area (Å²) in [4.78, 5) is 17.8. The van der Waals surface area contributed by atoms with Crippen LogP contribution in [0.1, 0.15) is 20.8 Å². The average molecular weight is 526 g/mol. The smallest absolute Gasteiger partial charge is 0.269 e. The Morgan fingerprint density at radius 2 is 1.88 bits per heavy atom. The summed E-state index contributed by atoms with van der Waals surface area (Å²) in [5.74, 6) is 0.122. The van der Waals surface area contributed by atoms with Crippen molar-refractivity contribution < 1.29 is 9.21 Å². The molecule has 170 valence electrons. The molecule has 0 unspecified atom stereocenters. The molecule has 5 aromatic rings. The molecule has 0 saturated heterocycles. The van der Waals surface area contributed by atoms with Crippen molar-refractivity contribution >= 4 is 84.6 Å². The van der Waals surface area contributed by atoms with Gasteiger partial charge < -0.3 is 9.73 Å². The highest BCUT2D eigenvalue weighted by Gasteiger charge is 2.19. The molecule has 0 saturated carbocycles. The quantitative estimate of drug-likeness (QED) is 0.235. The number of carbonyl (C=O) groups is 1. The average Bonchev–Trinajstić information content (AvgIpc) is 3.35. The van der Waals surface area contributed by atoms with Crippen molar-refractivity contribution in [3.05, 3.63) is 80.6 Å². The molecule has 0 bridgehead atoms. The third-order valence-corrected chi connectivity index (χ3v) is 7.40. The van der Waals surface area contributed by atoms with Gasteiger partial charge in [0, 0.05) is 26.4 Å². The van der Waals surface area contributed by atoms with Gasteiger partial charge in [0.05, 0.1) is 5.02 Å². The molecule has 2 heterocycles. The van der Waals surface area contributed by atoms with E-state index in [2.05, 4.69) is 15.6 Å². The summed E-state index contributed by atoms with van der Waals surface area (Å²) in [7, 11) is 0. The van der Waals surface area contributed by atoms with Crippen LogP contribution >= 0.6 is 46.8 Å². The zero-order valence-electron chi connectivity index (χ0n) is 18.0. The van der Waals surface area contributed by atoms with Crippen LogP contribution in [0.25, 0.3) is 32.6 Å². The Bertz CT molecular complexity index is 1610. The molecule has 5 rings (SSSR count). The lowest BCUT2D eigenvalue weighted by atomic mass is 10.1. The lowest BCUT2D eigenvalue weighted by molar-refractivity contribution is 0.0982. The Labute approximate surface area is 214 Å². The minimum Gasteiger partial charge on any atom is -0.436 e. The zero-order chi connectivity index (χ0) is 24.0. The molecule has 0 aliphatic carbocycles. The number of carbonyl (C=O) groups excluding carboxylic acids is 1. The third kappa shape index (κ3) is 4.40. The van der Waals surface area contributed by atoms with E-state index in [9.17, 15) is 4.79 Å². The number of amides is 1. The Morgan fingerprint density at radius 3 is 2.71 bits per heavy atom. The molecule has 34 heavy (non-hydrogen) atoms. The van der Waals surface area contributed by atoms with Crippen LogP contribution in [0.15, 0.2) is 59.0 Å². The molecule has 0 aliphatic rings. The molecule has 0 atom stereocenters. The van der Waals surface area contributed by atoms with Crippen LogP contribution in [0.5, 0.6) is 0 Å². The van der Waals surface area contributed by atoms with Crippen molar-refractivity contribution in [2.24, 2.45) is 0 Å². The normalized spacial score (nSPS) is 11.2. The van der Waals surface area contributed by atoms with E-state index in [4.69, 9.17) is 39.8 Å². The summed E-state index contributed by atoms with van der Waals surface area (Å²) in [6.07, 6.45) is 0. The second-order valence-electron chi connectivity index (χ2n) is 7.81. The van der Waals surface area contributed by atoms with Crippen LogP contribution in [0.3, 0.4) is 0 Å². The van der Waals surface area contributed by atoms with Crippen LogP contribution in [0, 0.1) is 13.8 Å². The van der Waals surface area contributed by atoms with Gasteiger partial charge in [0.25, 0.3) is 5.91 Å². The minimum absolute atomic E-state index is 0.157. The monoisotopic (exact) mass is 525 g/mol. The highest BCUT2D eigenvalue weighted by atomic mass is 35.5. The first-order valence-corrected chi connectivity index (χ1v) is 12.2. The maximum absolute atomic E-state index is 12.9. The maximum Gasteiger partial charge on any atom is 0.269 e. The molecule has 9 heteroatoms. The molecule has 3 aromatic carbocycles. The van der Waals surface area contributed by atoms with E-state index in [0.717, 1.165) is 43.6 Å². The van der Waals surface area contributed by atoms with Crippen molar-refractivity contribution in [1.82, 2.24) is 10.3 Å². The number of nitrogens with zero attached hydrogens (tertiary/aromatic N) is 1. The minimum atomic E-state index is -0.386. The number of nitrogens with one attached hydrogen (secondary N) is 2. The SMILES string of the molecule is Cc1ccc2nc(-c3ccc(C)c(NC(=S)NC(=O)c4sc5cc(Cl)ccc5c4Cl)c3)oc2c1. The number of benzene rings is 3. The fourth-order valence-electron chi connectivity index (χ4n) is 3.54. The fraction of sp³-hybridized carbons (Fsp3) is 0.0800. The fourth-order valence-corrected chi connectivity index (χ4v) is 5.43. The summed E-state index contributed by atoms with van der Waals surface area (Å²) in [5, 5.41) is 7.70.